The van der Waals surface area contributed by atoms with Crippen molar-refractivity contribution in [3.05, 3.63) is 58.0 Å². The van der Waals surface area contributed by atoms with Crippen LogP contribution in [0, 0.1) is 0 Å². The first-order valence-electron chi connectivity index (χ1n) is 6.45. The summed E-state index contributed by atoms with van der Waals surface area (Å²) >= 11 is 0. The highest BCUT2D eigenvalue weighted by Crippen LogP contribution is 2.37. The minimum Gasteiger partial charge on any atom is -0.495 e. The molecule has 0 saturated heterocycles. The Balaban J connectivity index is 2.05. The van der Waals surface area contributed by atoms with Crippen LogP contribution in [0.25, 0.3) is 22.2 Å². The van der Waals surface area contributed by atoms with E-state index in [0.717, 1.165) is 45.5 Å². The lowest BCUT2D eigenvalue weighted by Crippen LogP contribution is -2.08. The third-order valence-corrected chi connectivity index (χ3v) is 3.82. The largest absolute Gasteiger partial charge is 0.495 e. The Morgan fingerprint density at radius 3 is 2.85 bits per heavy atom. The van der Waals surface area contributed by atoms with Crippen LogP contribution in [0.1, 0.15) is 11.1 Å². The Kier molecular flexibility index (Phi) is 2.21. The number of methoxy groups -OCH3 is 1. The number of benzene rings is 1. The van der Waals surface area contributed by atoms with Gasteiger partial charge in [-0.15, -0.1) is 0 Å². The molecule has 4 nitrogen and oxygen atoms in total. The van der Waals surface area contributed by atoms with Gasteiger partial charge in [0.1, 0.15) is 5.75 Å². The van der Waals surface area contributed by atoms with Crippen LogP contribution in [0.5, 0.6) is 5.75 Å². The van der Waals surface area contributed by atoms with Crippen LogP contribution in [-0.4, -0.2) is 17.1 Å². The number of nitrogens with one attached hydrogen (secondary N) is 1. The van der Waals surface area contributed by atoms with Crippen LogP contribution in [0.15, 0.2) is 41.3 Å². The van der Waals surface area contributed by atoms with Crippen molar-refractivity contribution in [3.8, 4) is 17.1 Å². The van der Waals surface area contributed by atoms with Crippen molar-refractivity contribution < 1.29 is 4.74 Å². The summed E-state index contributed by atoms with van der Waals surface area (Å²) in [6.07, 6.45) is 2.45. The molecule has 98 valence electrons. The maximum Gasteiger partial charge on any atom is 0.256 e. The zero-order chi connectivity index (χ0) is 13.7. The van der Waals surface area contributed by atoms with Gasteiger partial charge in [0.05, 0.1) is 24.7 Å². The third kappa shape index (κ3) is 1.42. The maximum absolute atomic E-state index is 12.2. The average Bonchev–Trinajstić information content (AvgIpc) is 2.85. The quantitative estimate of drug-likeness (QED) is 0.574. The van der Waals surface area contributed by atoms with Crippen molar-refractivity contribution >= 4 is 10.8 Å². The molecule has 1 aliphatic rings. The van der Waals surface area contributed by atoms with E-state index in [0.29, 0.717) is 0 Å². The van der Waals surface area contributed by atoms with Gasteiger partial charge in [0.2, 0.25) is 0 Å². The molecule has 0 bridgehead atoms. The highest BCUT2D eigenvalue weighted by atomic mass is 16.5. The standard InChI is InChI=1S/C16H12N2O2/c1-20-10-6-9-7-13-11-4-2-3-5-12(11)16(19)18-15(13)14(9)17-8-10/h2-6,8H,7H2,1H3,(H,18,19). The molecule has 0 unspecified atom stereocenters. The number of fused-ring (bicyclic) bond motifs is 5. The molecule has 0 atom stereocenters. The summed E-state index contributed by atoms with van der Waals surface area (Å²) in [5.74, 6) is 0.739. The molecular weight excluding hydrogens is 252 g/mol. The number of nitrogens with zero attached hydrogens (tertiary/aromatic N) is 1. The maximum atomic E-state index is 12.2. The molecule has 1 N–H and O–H groups in total. The van der Waals surface area contributed by atoms with Gasteiger partial charge in [-0.2, -0.15) is 0 Å². The predicted octanol–water partition coefficient (Wildman–Crippen LogP) is 2.50. The van der Waals surface area contributed by atoms with E-state index in [-0.39, 0.29) is 5.56 Å². The number of aromatic nitrogens is 2. The van der Waals surface area contributed by atoms with Gasteiger partial charge in [0.25, 0.3) is 5.56 Å². The van der Waals surface area contributed by atoms with E-state index < -0.39 is 0 Å². The number of hydrogen-bond donors (Lipinski definition) is 1. The lowest BCUT2D eigenvalue weighted by molar-refractivity contribution is 0.412. The second-order valence-corrected chi connectivity index (χ2v) is 4.91. The zero-order valence-corrected chi connectivity index (χ0v) is 10.9. The highest BCUT2D eigenvalue weighted by molar-refractivity contribution is 5.92. The number of hydrogen-bond acceptors (Lipinski definition) is 3. The molecule has 4 rings (SSSR count). The molecule has 20 heavy (non-hydrogen) atoms. The summed E-state index contributed by atoms with van der Waals surface area (Å²) in [5.41, 5.74) is 3.85. The van der Waals surface area contributed by atoms with Gasteiger partial charge >= 0.3 is 0 Å². The number of aromatic amines is 1. The first kappa shape index (κ1) is 11.2. The summed E-state index contributed by atoms with van der Waals surface area (Å²) < 4.78 is 5.22. The minimum atomic E-state index is -0.0650. The second kappa shape index (κ2) is 3.93. The van der Waals surface area contributed by atoms with Gasteiger partial charge in [-0.25, -0.2) is 0 Å². The number of rotatable bonds is 1. The fraction of sp³-hybridized carbons (Fsp3) is 0.125. The van der Waals surface area contributed by atoms with E-state index in [4.69, 9.17) is 4.74 Å². The van der Waals surface area contributed by atoms with E-state index in [2.05, 4.69) is 9.97 Å². The molecule has 0 fully saturated rings. The summed E-state index contributed by atoms with van der Waals surface area (Å²) in [6.45, 7) is 0. The SMILES string of the molecule is COc1cnc2c(c1)Cc1c-2[nH]c(=O)c2ccccc12. The van der Waals surface area contributed by atoms with E-state index in [9.17, 15) is 4.79 Å². The Labute approximate surface area is 115 Å². The molecule has 3 aromatic rings. The Morgan fingerprint density at radius 2 is 2.05 bits per heavy atom. The fourth-order valence-electron chi connectivity index (χ4n) is 2.87. The Bertz CT molecular complexity index is 897. The molecule has 0 aliphatic heterocycles. The smallest absolute Gasteiger partial charge is 0.256 e. The van der Waals surface area contributed by atoms with E-state index in [1.165, 1.54) is 0 Å². The fourth-order valence-corrected chi connectivity index (χ4v) is 2.87. The molecular formula is C16H12N2O2. The first-order valence-corrected chi connectivity index (χ1v) is 6.45. The molecule has 4 heteroatoms. The van der Waals surface area contributed by atoms with Crippen LogP contribution >= 0.6 is 0 Å². The second-order valence-electron chi connectivity index (χ2n) is 4.91. The summed E-state index contributed by atoms with van der Waals surface area (Å²) in [7, 11) is 1.63. The van der Waals surface area contributed by atoms with Gasteiger partial charge in [-0.3, -0.25) is 9.78 Å². The lowest BCUT2D eigenvalue weighted by atomic mass is 10.0. The van der Waals surface area contributed by atoms with Gasteiger partial charge in [0.15, 0.2) is 0 Å². The van der Waals surface area contributed by atoms with Crippen molar-refractivity contribution in [2.45, 2.75) is 6.42 Å². The highest BCUT2D eigenvalue weighted by Gasteiger charge is 2.24. The molecule has 0 radical (unpaired) electrons. The van der Waals surface area contributed by atoms with Crippen molar-refractivity contribution in [2.24, 2.45) is 0 Å². The van der Waals surface area contributed by atoms with Crippen LogP contribution in [0.2, 0.25) is 0 Å². The van der Waals surface area contributed by atoms with Gasteiger partial charge in [-0.05, 0) is 28.6 Å². The van der Waals surface area contributed by atoms with Crippen molar-refractivity contribution in [1.29, 1.82) is 0 Å². The predicted molar refractivity (Wildman–Crippen MR) is 77.2 cm³/mol. The molecule has 2 heterocycles. The lowest BCUT2D eigenvalue weighted by Gasteiger charge is -2.04. The summed E-state index contributed by atoms with van der Waals surface area (Å²) in [6, 6.07) is 9.67. The van der Waals surface area contributed by atoms with Crippen LogP contribution in [0.3, 0.4) is 0 Å². The van der Waals surface area contributed by atoms with Crippen molar-refractivity contribution in [1.82, 2.24) is 9.97 Å². The van der Waals surface area contributed by atoms with Gasteiger partial charge in [0, 0.05) is 11.8 Å². The summed E-state index contributed by atoms with van der Waals surface area (Å²) in [4.78, 5) is 19.6. The van der Waals surface area contributed by atoms with Crippen LogP contribution in [0.4, 0.5) is 0 Å². The molecule has 0 spiro atoms. The third-order valence-electron chi connectivity index (χ3n) is 3.82. The molecule has 0 amide bonds. The molecule has 1 aliphatic carbocycles. The number of ether oxygens (including phenoxy) is 1. The van der Waals surface area contributed by atoms with Gasteiger partial charge < -0.3 is 9.72 Å². The molecule has 0 saturated carbocycles. The summed E-state index contributed by atoms with van der Waals surface area (Å²) in [5, 5.41) is 1.73. The topological polar surface area (TPSA) is 55.0 Å². The monoisotopic (exact) mass is 264 g/mol. The molecule has 1 aromatic carbocycles. The Morgan fingerprint density at radius 1 is 1.25 bits per heavy atom. The minimum absolute atomic E-state index is 0.0650. The van der Waals surface area contributed by atoms with Crippen molar-refractivity contribution in [3.63, 3.8) is 0 Å². The average molecular weight is 264 g/mol. The molecule has 2 aromatic heterocycles. The Hall–Kier alpha value is -2.62. The normalized spacial score (nSPS) is 12.2. The van der Waals surface area contributed by atoms with E-state index >= 15 is 0 Å². The van der Waals surface area contributed by atoms with Crippen LogP contribution < -0.4 is 10.3 Å². The number of pyridine rings is 2. The first-order chi connectivity index (χ1) is 9.78. The van der Waals surface area contributed by atoms with Crippen molar-refractivity contribution in [2.75, 3.05) is 7.11 Å². The number of H-pyrrole nitrogens is 1. The zero-order valence-electron chi connectivity index (χ0n) is 10.9. The van der Waals surface area contributed by atoms with Gasteiger partial charge in [-0.1, -0.05) is 18.2 Å². The van der Waals surface area contributed by atoms with Crippen LogP contribution in [-0.2, 0) is 6.42 Å². The van der Waals surface area contributed by atoms with E-state index in [1.54, 1.807) is 13.3 Å². The van der Waals surface area contributed by atoms with E-state index in [1.807, 2.05) is 30.3 Å².